The highest BCUT2D eigenvalue weighted by atomic mass is 16.2. The zero-order valence-electron chi connectivity index (χ0n) is 14.5. The fourth-order valence-corrected chi connectivity index (χ4v) is 4.78. The van der Waals surface area contributed by atoms with Gasteiger partial charge in [0.1, 0.15) is 0 Å². The predicted molar refractivity (Wildman–Crippen MR) is 95.0 cm³/mol. The van der Waals surface area contributed by atoms with E-state index in [9.17, 15) is 9.59 Å². The van der Waals surface area contributed by atoms with Gasteiger partial charge in [-0.05, 0) is 42.7 Å². The van der Waals surface area contributed by atoms with E-state index in [1.54, 1.807) is 0 Å². The molecule has 3 fully saturated rings. The van der Waals surface area contributed by atoms with Crippen molar-refractivity contribution in [2.45, 2.75) is 37.8 Å². The number of amides is 3. The monoisotopic (exact) mass is 342 g/mol. The first-order valence-electron chi connectivity index (χ1n) is 9.23. The van der Waals surface area contributed by atoms with Gasteiger partial charge in [-0.2, -0.15) is 0 Å². The standard InChI is InChI=1S/C19H26N4O2/c20-19(25)21-9-18(24)23-11-13-5-6-16(23)12-22(10-13)17-7-14-3-1-2-4-15(14)8-17/h1-4,13,16-17H,5-12H2,(H3,20,21,25)/t13-,16+/m0/s1. The molecule has 6 heteroatoms. The van der Waals surface area contributed by atoms with Crippen LogP contribution in [0.4, 0.5) is 4.79 Å². The van der Waals surface area contributed by atoms with Gasteiger partial charge in [0.05, 0.1) is 6.54 Å². The summed E-state index contributed by atoms with van der Waals surface area (Å²) < 4.78 is 0. The van der Waals surface area contributed by atoms with E-state index >= 15 is 0 Å². The van der Waals surface area contributed by atoms with Gasteiger partial charge in [0.15, 0.2) is 0 Å². The summed E-state index contributed by atoms with van der Waals surface area (Å²) >= 11 is 0. The van der Waals surface area contributed by atoms with Crippen LogP contribution in [0, 0.1) is 5.92 Å². The molecule has 0 unspecified atom stereocenters. The maximum absolute atomic E-state index is 12.5. The third kappa shape index (κ3) is 3.35. The second-order valence-corrected chi connectivity index (χ2v) is 7.65. The van der Waals surface area contributed by atoms with Gasteiger partial charge < -0.3 is 16.0 Å². The van der Waals surface area contributed by atoms with Crippen LogP contribution in [0.3, 0.4) is 0 Å². The van der Waals surface area contributed by atoms with Gasteiger partial charge in [0.2, 0.25) is 5.91 Å². The number of nitrogens with zero attached hydrogens (tertiary/aromatic N) is 2. The van der Waals surface area contributed by atoms with Crippen LogP contribution < -0.4 is 11.1 Å². The summed E-state index contributed by atoms with van der Waals surface area (Å²) in [5.74, 6) is 0.519. The van der Waals surface area contributed by atoms with Crippen LogP contribution in [0.1, 0.15) is 24.0 Å². The van der Waals surface area contributed by atoms with Crippen molar-refractivity contribution in [1.82, 2.24) is 15.1 Å². The molecule has 3 heterocycles. The zero-order valence-corrected chi connectivity index (χ0v) is 14.5. The highest BCUT2D eigenvalue weighted by Gasteiger charge is 2.40. The average Bonchev–Trinajstić information content (AvgIpc) is 2.82. The second kappa shape index (κ2) is 6.67. The normalized spacial score (nSPS) is 26.3. The van der Waals surface area contributed by atoms with Gasteiger partial charge in [-0.1, -0.05) is 24.3 Å². The van der Waals surface area contributed by atoms with Crippen LogP contribution >= 0.6 is 0 Å². The molecular formula is C19H26N4O2. The molecule has 6 nitrogen and oxygen atoms in total. The Kier molecular flexibility index (Phi) is 4.37. The average molecular weight is 342 g/mol. The van der Waals surface area contributed by atoms with E-state index in [-0.39, 0.29) is 18.5 Å². The molecule has 3 saturated heterocycles. The number of carbonyl (C=O) groups is 2. The Morgan fingerprint density at radius 1 is 1.04 bits per heavy atom. The van der Waals surface area contributed by atoms with Crippen LogP contribution in [-0.4, -0.2) is 60.0 Å². The van der Waals surface area contributed by atoms with Gasteiger partial charge in [-0.25, -0.2) is 4.79 Å². The third-order valence-electron chi connectivity index (χ3n) is 6.02. The van der Waals surface area contributed by atoms with Crippen LogP contribution in [0.5, 0.6) is 0 Å². The van der Waals surface area contributed by atoms with E-state index in [0.717, 1.165) is 38.9 Å². The second-order valence-electron chi connectivity index (χ2n) is 7.65. The number of rotatable bonds is 3. The minimum Gasteiger partial charge on any atom is -0.352 e. The summed E-state index contributed by atoms with van der Waals surface area (Å²) in [6, 6.07) is 8.90. The molecule has 1 aromatic rings. The number of urea groups is 1. The molecule has 0 radical (unpaired) electrons. The molecule has 2 bridgehead atoms. The number of fused-ring (bicyclic) bond motifs is 5. The molecule has 4 aliphatic rings. The fraction of sp³-hybridized carbons (Fsp3) is 0.579. The van der Waals surface area contributed by atoms with E-state index < -0.39 is 6.03 Å². The summed E-state index contributed by atoms with van der Waals surface area (Å²) in [5.41, 5.74) is 8.04. The van der Waals surface area contributed by atoms with Crippen molar-refractivity contribution >= 4 is 11.9 Å². The first kappa shape index (κ1) is 16.4. The Morgan fingerprint density at radius 3 is 2.44 bits per heavy atom. The van der Waals surface area contributed by atoms with E-state index in [0.29, 0.717) is 12.0 Å². The molecule has 1 aliphatic carbocycles. The number of nitrogens with two attached hydrogens (primary N) is 1. The first-order chi connectivity index (χ1) is 12.1. The summed E-state index contributed by atoms with van der Waals surface area (Å²) in [6.45, 7) is 2.83. The number of piperidine rings is 1. The molecule has 3 aliphatic heterocycles. The maximum Gasteiger partial charge on any atom is 0.312 e. The van der Waals surface area contributed by atoms with E-state index in [1.165, 1.54) is 17.5 Å². The number of primary amides is 1. The van der Waals surface area contributed by atoms with E-state index in [4.69, 9.17) is 5.73 Å². The topological polar surface area (TPSA) is 78.7 Å². The van der Waals surface area contributed by atoms with Crippen molar-refractivity contribution in [3.05, 3.63) is 35.4 Å². The van der Waals surface area contributed by atoms with Gasteiger partial charge >= 0.3 is 6.03 Å². The Morgan fingerprint density at radius 2 is 1.76 bits per heavy atom. The molecule has 0 spiro atoms. The number of hydrogen-bond donors (Lipinski definition) is 2. The molecule has 25 heavy (non-hydrogen) atoms. The number of hydrogen-bond acceptors (Lipinski definition) is 3. The summed E-state index contributed by atoms with van der Waals surface area (Å²) in [4.78, 5) is 28.0. The lowest BCUT2D eigenvalue weighted by Gasteiger charge is -2.36. The van der Waals surface area contributed by atoms with Crippen molar-refractivity contribution in [3.63, 3.8) is 0 Å². The molecule has 3 N–H and O–H groups in total. The Bertz CT molecular complexity index is 652. The fourth-order valence-electron chi connectivity index (χ4n) is 4.78. The number of benzene rings is 1. The van der Waals surface area contributed by atoms with Crippen molar-refractivity contribution in [2.75, 3.05) is 26.2 Å². The zero-order chi connectivity index (χ0) is 17.4. The summed E-state index contributed by atoms with van der Waals surface area (Å²) in [6.07, 6.45) is 4.48. The highest BCUT2D eigenvalue weighted by Crippen LogP contribution is 2.32. The molecule has 1 aromatic carbocycles. The van der Waals surface area contributed by atoms with E-state index in [1.807, 2.05) is 4.90 Å². The van der Waals surface area contributed by atoms with Crippen molar-refractivity contribution in [2.24, 2.45) is 11.7 Å². The summed E-state index contributed by atoms with van der Waals surface area (Å²) in [7, 11) is 0. The lowest BCUT2D eigenvalue weighted by molar-refractivity contribution is -0.134. The van der Waals surface area contributed by atoms with Gasteiger partial charge in [-0.15, -0.1) is 0 Å². The minimum absolute atomic E-state index is 0.00736. The Balaban J connectivity index is 1.43. The van der Waals surface area contributed by atoms with Crippen LogP contribution in [0.2, 0.25) is 0 Å². The maximum atomic E-state index is 12.5. The molecule has 5 rings (SSSR count). The van der Waals surface area contributed by atoms with Crippen LogP contribution in [0.15, 0.2) is 24.3 Å². The molecular weight excluding hydrogens is 316 g/mol. The van der Waals surface area contributed by atoms with E-state index in [2.05, 4.69) is 34.5 Å². The predicted octanol–water partition coefficient (Wildman–Crippen LogP) is 0.745. The van der Waals surface area contributed by atoms with Crippen molar-refractivity contribution in [1.29, 1.82) is 0 Å². The molecule has 0 aromatic heterocycles. The van der Waals surface area contributed by atoms with Gasteiger partial charge in [-0.3, -0.25) is 9.69 Å². The number of nitrogens with one attached hydrogen (secondary N) is 1. The quantitative estimate of drug-likeness (QED) is 0.851. The van der Waals surface area contributed by atoms with Gasteiger partial charge in [0.25, 0.3) is 0 Å². The smallest absolute Gasteiger partial charge is 0.312 e. The summed E-state index contributed by atoms with van der Waals surface area (Å²) in [5, 5.41) is 2.43. The van der Waals surface area contributed by atoms with Crippen molar-refractivity contribution < 1.29 is 9.59 Å². The highest BCUT2D eigenvalue weighted by molar-refractivity contribution is 5.83. The largest absolute Gasteiger partial charge is 0.352 e. The SMILES string of the molecule is NC(=O)NCC(=O)N1C[C@H]2CC[C@@H]1CN(C1Cc3ccccc3C1)C2. The molecule has 0 saturated carbocycles. The minimum atomic E-state index is -0.640. The Labute approximate surface area is 148 Å². The third-order valence-corrected chi connectivity index (χ3v) is 6.02. The first-order valence-corrected chi connectivity index (χ1v) is 9.23. The van der Waals surface area contributed by atoms with Crippen LogP contribution in [-0.2, 0) is 17.6 Å². The Hall–Kier alpha value is -2.08. The van der Waals surface area contributed by atoms with Crippen molar-refractivity contribution in [3.8, 4) is 0 Å². The van der Waals surface area contributed by atoms with Crippen LogP contribution in [0.25, 0.3) is 0 Å². The lowest BCUT2D eigenvalue weighted by Crippen LogP contribution is -2.51. The number of carbonyl (C=O) groups excluding carboxylic acids is 2. The molecule has 134 valence electrons. The molecule has 2 atom stereocenters. The lowest BCUT2D eigenvalue weighted by atomic mass is 9.95. The molecule has 3 amide bonds. The van der Waals surface area contributed by atoms with Gasteiger partial charge in [0, 0.05) is 31.7 Å².